The summed E-state index contributed by atoms with van der Waals surface area (Å²) in [4.78, 5) is 28.8. The van der Waals surface area contributed by atoms with Gasteiger partial charge in [-0.3, -0.25) is 4.79 Å². The van der Waals surface area contributed by atoms with Gasteiger partial charge in [0.25, 0.3) is 5.56 Å². The Bertz CT molecular complexity index is 460. The van der Waals surface area contributed by atoms with Gasteiger partial charge in [-0.25, -0.2) is 9.78 Å². The Morgan fingerprint density at radius 3 is 2.73 bits per heavy atom. The van der Waals surface area contributed by atoms with Crippen LogP contribution in [0.3, 0.4) is 0 Å². The van der Waals surface area contributed by atoms with Gasteiger partial charge < -0.3 is 10.1 Å². The maximum Gasteiger partial charge on any atom is 0.343 e. The fourth-order valence-electron chi connectivity index (χ4n) is 1.59. The summed E-state index contributed by atoms with van der Waals surface area (Å²) in [5.41, 5.74) is -0.512. The first-order chi connectivity index (χ1) is 7.08. The van der Waals surface area contributed by atoms with Crippen LogP contribution in [0, 0.1) is 12.8 Å². The van der Waals surface area contributed by atoms with Gasteiger partial charge in [0.2, 0.25) is 0 Å². The van der Waals surface area contributed by atoms with Crippen molar-refractivity contribution in [3.8, 4) is 0 Å². The highest BCUT2D eigenvalue weighted by molar-refractivity contribution is 5.88. The van der Waals surface area contributed by atoms with Gasteiger partial charge >= 0.3 is 5.97 Å². The Balaban J connectivity index is 2.37. The molecule has 0 aliphatic heterocycles. The number of carbonyl (C=O) groups is 1. The first-order valence-electron chi connectivity index (χ1n) is 4.91. The van der Waals surface area contributed by atoms with Crippen molar-refractivity contribution in [2.45, 2.75) is 26.2 Å². The largest absolute Gasteiger partial charge is 0.477 e. The van der Waals surface area contributed by atoms with Crippen LogP contribution in [-0.4, -0.2) is 21.0 Å². The van der Waals surface area contributed by atoms with Gasteiger partial charge in [0, 0.05) is 6.42 Å². The average molecular weight is 208 g/mol. The number of aromatic nitrogens is 2. The lowest BCUT2D eigenvalue weighted by Crippen LogP contribution is -2.23. The van der Waals surface area contributed by atoms with Gasteiger partial charge in [0.05, 0.1) is 5.69 Å². The highest BCUT2D eigenvalue weighted by Crippen LogP contribution is 2.31. The predicted octanol–water partition coefficient (Wildman–Crippen LogP) is 0.729. The Morgan fingerprint density at radius 2 is 2.27 bits per heavy atom. The Kier molecular flexibility index (Phi) is 2.30. The number of aryl methyl sites for hydroxylation is 1. The number of carboxylic acids is 1. The Labute approximate surface area is 86.2 Å². The molecule has 2 N–H and O–H groups in total. The Morgan fingerprint density at radius 1 is 1.60 bits per heavy atom. The van der Waals surface area contributed by atoms with E-state index < -0.39 is 11.5 Å². The van der Waals surface area contributed by atoms with Crippen molar-refractivity contribution < 1.29 is 9.90 Å². The van der Waals surface area contributed by atoms with E-state index in [4.69, 9.17) is 5.11 Å². The van der Waals surface area contributed by atoms with Crippen LogP contribution in [-0.2, 0) is 6.42 Å². The molecule has 15 heavy (non-hydrogen) atoms. The number of nitrogens with zero attached hydrogens (tertiary/aromatic N) is 1. The number of aromatic amines is 1. The standard InChI is InChI=1S/C10H12N2O3/c1-5-8(10(14)15)9(13)12-7(11-5)4-6-2-3-6/h6H,2-4H2,1H3,(H,14,15)(H,11,12,13). The number of aromatic carboxylic acids is 1. The molecule has 0 saturated heterocycles. The number of rotatable bonds is 3. The van der Waals surface area contributed by atoms with Crippen molar-refractivity contribution in [3.05, 3.63) is 27.4 Å². The lowest BCUT2D eigenvalue weighted by molar-refractivity contribution is 0.0693. The molecule has 1 aromatic rings. The molecule has 0 aromatic carbocycles. The molecular weight excluding hydrogens is 196 g/mol. The molecule has 80 valence electrons. The highest BCUT2D eigenvalue weighted by atomic mass is 16.4. The molecule has 5 heteroatoms. The predicted molar refractivity (Wildman–Crippen MR) is 53.0 cm³/mol. The molecule has 0 atom stereocenters. The topological polar surface area (TPSA) is 83.0 Å². The van der Waals surface area contributed by atoms with Crippen LogP contribution in [0.15, 0.2) is 4.79 Å². The number of H-pyrrole nitrogens is 1. The second-order valence-electron chi connectivity index (χ2n) is 3.93. The molecule has 1 fully saturated rings. The lowest BCUT2D eigenvalue weighted by atomic mass is 10.2. The maximum absolute atomic E-state index is 11.4. The number of nitrogens with one attached hydrogen (secondary N) is 1. The second-order valence-corrected chi connectivity index (χ2v) is 3.93. The van der Waals surface area contributed by atoms with Gasteiger partial charge in [-0.05, 0) is 25.7 Å². The smallest absolute Gasteiger partial charge is 0.343 e. The third kappa shape index (κ3) is 2.06. The van der Waals surface area contributed by atoms with Crippen molar-refractivity contribution in [2.75, 3.05) is 0 Å². The SMILES string of the molecule is Cc1nc(CC2CC2)[nH]c(=O)c1C(=O)O. The molecule has 2 rings (SSSR count). The van der Waals surface area contributed by atoms with Crippen LogP contribution in [0.25, 0.3) is 0 Å². The second kappa shape index (κ2) is 3.49. The van der Waals surface area contributed by atoms with E-state index in [0.29, 0.717) is 17.4 Å². The summed E-state index contributed by atoms with van der Waals surface area (Å²) < 4.78 is 0. The van der Waals surface area contributed by atoms with E-state index >= 15 is 0 Å². The number of hydrogen-bond donors (Lipinski definition) is 2. The molecule has 1 aromatic heterocycles. The van der Waals surface area contributed by atoms with Crippen molar-refractivity contribution in [3.63, 3.8) is 0 Å². The first kappa shape index (κ1) is 9.89. The molecular formula is C10H12N2O3. The summed E-state index contributed by atoms with van der Waals surface area (Å²) in [6, 6.07) is 0. The maximum atomic E-state index is 11.4. The lowest BCUT2D eigenvalue weighted by Gasteiger charge is -2.03. The van der Waals surface area contributed by atoms with Crippen LogP contribution < -0.4 is 5.56 Å². The molecule has 1 heterocycles. The molecule has 0 amide bonds. The van der Waals surface area contributed by atoms with E-state index in [1.54, 1.807) is 6.92 Å². The van der Waals surface area contributed by atoms with E-state index in [0.717, 1.165) is 6.42 Å². The summed E-state index contributed by atoms with van der Waals surface area (Å²) in [5, 5.41) is 8.77. The zero-order chi connectivity index (χ0) is 11.0. The average Bonchev–Trinajstić information content (AvgIpc) is 2.85. The van der Waals surface area contributed by atoms with E-state index in [1.165, 1.54) is 12.8 Å². The highest BCUT2D eigenvalue weighted by Gasteiger charge is 2.23. The van der Waals surface area contributed by atoms with E-state index in [-0.39, 0.29) is 5.56 Å². The third-order valence-electron chi connectivity index (χ3n) is 2.54. The quantitative estimate of drug-likeness (QED) is 0.767. The zero-order valence-corrected chi connectivity index (χ0v) is 8.41. The third-order valence-corrected chi connectivity index (χ3v) is 2.54. The molecule has 5 nitrogen and oxygen atoms in total. The minimum atomic E-state index is -1.22. The van der Waals surface area contributed by atoms with Crippen LogP contribution in [0.1, 0.15) is 34.7 Å². The van der Waals surface area contributed by atoms with Gasteiger partial charge in [0.15, 0.2) is 0 Å². The summed E-state index contributed by atoms with van der Waals surface area (Å²) in [6.45, 7) is 1.55. The van der Waals surface area contributed by atoms with Gasteiger partial charge in [-0.2, -0.15) is 0 Å². The summed E-state index contributed by atoms with van der Waals surface area (Å²) >= 11 is 0. The summed E-state index contributed by atoms with van der Waals surface area (Å²) in [7, 11) is 0. The fourth-order valence-corrected chi connectivity index (χ4v) is 1.59. The number of hydrogen-bond acceptors (Lipinski definition) is 3. The molecule has 1 saturated carbocycles. The van der Waals surface area contributed by atoms with E-state index in [1.807, 2.05) is 0 Å². The van der Waals surface area contributed by atoms with Crippen LogP contribution in [0.4, 0.5) is 0 Å². The number of carboxylic acid groups (broad SMARTS) is 1. The minimum Gasteiger partial charge on any atom is -0.477 e. The van der Waals surface area contributed by atoms with Gasteiger partial charge in [-0.1, -0.05) is 0 Å². The molecule has 1 aliphatic rings. The van der Waals surface area contributed by atoms with Gasteiger partial charge in [-0.15, -0.1) is 0 Å². The molecule has 0 unspecified atom stereocenters. The Hall–Kier alpha value is -1.65. The van der Waals surface area contributed by atoms with Gasteiger partial charge in [0.1, 0.15) is 11.4 Å². The van der Waals surface area contributed by atoms with Crippen LogP contribution >= 0.6 is 0 Å². The monoisotopic (exact) mass is 208 g/mol. The van der Waals surface area contributed by atoms with Crippen molar-refractivity contribution in [2.24, 2.45) is 5.92 Å². The summed E-state index contributed by atoms with van der Waals surface area (Å²) in [5.74, 6) is -0.00699. The first-order valence-corrected chi connectivity index (χ1v) is 4.91. The van der Waals surface area contributed by atoms with Crippen molar-refractivity contribution in [1.29, 1.82) is 0 Å². The molecule has 1 aliphatic carbocycles. The normalized spacial score (nSPS) is 15.3. The summed E-state index contributed by atoms with van der Waals surface area (Å²) in [6.07, 6.45) is 3.09. The minimum absolute atomic E-state index is 0.255. The van der Waals surface area contributed by atoms with Crippen LogP contribution in [0.2, 0.25) is 0 Å². The fraction of sp³-hybridized carbons (Fsp3) is 0.500. The van der Waals surface area contributed by atoms with Crippen molar-refractivity contribution in [1.82, 2.24) is 9.97 Å². The molecule has 0 radical (unpaired) electrons. The molecule has 0 bridgehead atoms. The van der Waals surface area contributed by atoms with Crippen LogP contribution in [0.5, 0.6) is 0 Å². The van der Waals surface area contributed by atoms with E-state index in [2.05, 4.69) is 9.97 Å². The zero-order valence-electron chi connectivity index (χ0n) is 8.41. The van der Waals surface area contributed by atoms with E-state index in [9.17, 15) is 9.59 Å². The molecule has 0 spiro atoms. The van der Waals surface area contributed by atoms with Crippen molar-refractivity contribution >= 4 is 5.97 Å².